The predicted molar refractivity (Wildman–Crippen MR) is 120 cm³/mol. The monoisotopic (exact) mass is 401 g/mol. The van der Waals surface area contributed by atoms with E-state index in [0.717, 1.165) is 0 Å². The number of nitrogens with one attached hydrogen (secondary N) is 1. The third-order valence-corrected chi connectivity index (χ3v) is 4.56. The third-order valence-electron chi connectivity index (χ3n) is 4.56. The van der Waals surface area contributed by atoms with Gasteiger partial charge in [0.25, 0.3) is 0 Å². The van der Waals surface area contributed by atoms with E-state index in [9.17, 15) is 14.4 Å². The molecule has 1 N–H and O–H groups in total. The highest BCUT2D eigenvalue weighted by molar-refractivity contribution is 6.10. The molecule has 4 heteroatoms. The van der Waals surface area contributed by atoms with E-state index in [1.54, 1.807) is 62.4 Å². The van der Waals surface area contributed by atoms with Gasteiger partial charge in [-0.1, -0.05) is 98.8 Å². The highest BCUT2D eigenvalue weighted by Gasteiger charge is 2.36. The summed E-state index contributed by atoms with van der Waals surface area (Å²) in [6, 6.07) is 29.8. The Kier molecular flexibility index (Phi) is 9.19. The molecule has 2 unspecified atom stereocenters. The lowest BCUT2D eigenvalue weighted by molar-refractivity contribution is -0.136. The van der Waals surface area contributed by atoms with E-state index in [2.05, 4.69) is 5.32 Å². The van der Waals surface area contributed by atoms with Crippen molar-refractivity contribution in [3.8, 4) is 0 Å². The molecule has 0 spiro atoms. The first-order chi connectivity index (χ1) is 14.5. The Morgan fingerprint density at radius 3 is 1.60 bits per heavy atom. The number of Topliss-reactive ketones (excluding diaryl/α,β-unsaturated/α-hetero) is 1. The highest BCUT2D eigenvalue weighted by atomic mass is 16.2. The van der Waals surface area contributed by atoms with Gasteiger partial charge in [0, 0.05) is 11.6 Å². The summed E-state index contributed by atoms with van der Waals surface area (Å²) in [5.41, 5.74) is 1.26. The Morgan fingerprint density at radius 1 is 0.733 bits per heavy atom. The molecule has 3 aromatic carbocycles. The maximum atomic E-state index is 12.7. The molecule has 0 saturated heterocycles. The number of rotatable bonds is 7. The van der Waals surface area contributed by atoms with Gasteiger partial charge in [0.2, 0.25) is 5.91 Å². The molecule has 2 atom stereocenters. The summed E-state index contributed by atoms with van der Waals surface area (Å²) in [7, 11) is 0. The average molecular weight is 402 g/mol. The van der Waals surface area contributed by atoms with E-state index in [1.165, 1.54) is 0 Å². The van der Waals surface area contributed by atoms with Gasteiger partial charge in [-0.05, 0) is 17.7 Å². The molecule has 3 aromatic rings. The maximum Gasteiger partial charge on any atom is 0.236 e. The second-order valence-corrected chi connectivity index (χ2v) is 7.12. The molecule has 0 aliphatic heterocycles. The molecular formula is C26H27NO3. The fourth-order valence-electron chi connectivity index (χ4n) is 2.98. The number of aldehydes is 1. The summed E-state index contributed by atoms with van der Waals surface area (Å²) < 4.78 is 0. The largest absolute Gasteiger partial charge is 0.325 e. The lowest BCUT2D eigenvalue weighted by Crippen LogP contribution is -2.37. The van der Waals surface area contributed by atoms with Gasteiger partial charge in [-0.25, -0.2) is 0 Å². The molecule has 0 aromatic heterocycles. The molecule has 0 saturated carbocycles. The number of carbonyl (C=O) groups is 3. The van der Waals surface area contributed by atoms with Crippen molar-refractivity contribution >= 4 is 23.7 Å². The fourth-order valence-corrected chi connectivity index (χ4v) is 2.98. The van der Waals surface area contributed by atoms with E-state index in [4.69, 9.17) is 0 Å². The lowest BCUT2D eigenvalue weighted by Gasteiger charge is -2.23. The summed E-state index contributed by atoms with van der Waals surface area (Å²) >= 11 is 0. The predicted octanol–water partition coefficient (Wildman–Crippen LogP) is 5.14. The molecule has 0 bridgehead atoms. The Hall–Kier alpha value is -3.53. The Balaban J connectivity index is 0.000000456. The number of benzene rings is 3. The number of para-hydroxylation sites is 1. The molecule has 0 heterocycles. The van der Waals surface area contributed by atoms with Gasteiger partial charge in [0.15, 0.2) is 0 Å². The number of hydrogen-bond donors (Lipinski definition) is 1. The number of anilines is 1. The molecule has 3 rings (SSSR count). The van der Waals surface area contributed by atoms with E-state index in [1.807, 2.05) is 48.5 Å². The van der Waals surface area contributed by atoms with Crippen LogP contribution in [-0.4, -0.2) is 18.0 Å². The second kappa shape index (κ2) is 12.1. The van der Waals surface area contributed by atoms with Gasteiger partial charge in [-0.15, -0.1) is 0 Å². The molecule has 4 nitrogen and oxygen atoms in total. The van der Waals surface area contributed by atoms with Crippen LogP contribution in [0.2, 0.25) is 0 Å². The van der Waals surface area contributed by atoms with Crippen molar-refractivity contribution in [3.63, 3.8) is 0 Å². The summed E-state index contributed by atoms with van der Waals surface area (Å²) in [6.45, 7) is 3.47. The van der Waals surface area contributed by atoms with Gasteiger partial charge in [0.05, 0.1) is 5.92 Å². The Morgan fingerprint density at radius 2 is 1.17 bits per heavy atom. The van der Waals surface area contributed by atoms with Crippen LogP contribution >= 0.6 is 0 Å². The van der Waals surface area contributed by atoms with Crippen LogP contribution in [-0.2, 0) is 14.4 Å². The minimum absolute atomic E-state index is 0.246. The minimum atomic E-state index is -1.05. The molecule has 1 amide bonds. The van der Waals surface area contributed by atoms with Crippen LogP contribution in [0.4, 0.5) is 5.69 Å². The molecule has 0 fully saturated rings. The first-order valence-corrected chi connectivity index (χ1v) is 9.94. The van der Waals surface area contributed by atoms with Gasteiger partial charge < -0.3 is 10.1 Å². The van der Waals surface area contributed by atoms with Crippen LogP contribution in [0, 0.1) is 11.8 Å². The van der Waals surface area contributed by atoms with Gasteiger partial charge >= 0.3 is 0 Å². The van der Waals surface area contributed by atoms with Crippen LogP contribution in [0.25, 0.3) is 0 Å². The molecule has 30 heavy (non-hydrogen) atoms. The normalized spacial score (nSPS) is 12.1. The number of hydrogen-bond acceptors (Lipinski definition) is 3. The summed E-state index contributed by atoms with van der Waals surface area (Å²) in [5.74, 6) is -2.90. The molecule has 0 radical (unpaired) electrons. The standard InChI is InChI=1S/C20H21NO3.C6H6/c1-14(2)19(23)18(17(13-22)15-9-5-3-6-10-15)20(24)21-16-11-7-4-8-12-16;1-2-4-6-5-3-1/h3-14,17-18H,1-2H3,(H,21,24);1-6H. The van der Waals surface area contributed by atoms with Crippen molar-refractivity contribution in [2.75, 3.05) is 5.32 Å². The van der Waals surface area contributed by atoms with Crippen LogP contribution in [0.15, 0.2) is 97.1 Å². The van der Waals surface area contributed by atoms with E-state index in [-0.39, 0.29) is 11.7 Å². The van der Waals surface area contributed by atoms with Crippen LogP contribution in [0.3, 0.4) is 0 Å². The van der Waals surface area contributed by atoms with Crippen molar-refractivity contribution in [1.29, 1.82) is 0 Å². The van der Waals surface area contributed by atoms with E-state index in [0.29, 0.717) is 17.5 Å². The zero-order valence-electron chi connectivity index (χ0n) is 17.3. The third kappa shape index (κ3) is 6.82. The zero-order valence-corrected chi connectivity index (χ0v) is 17.3. The van der Waals surface area contributed by atoms with Crippen molar-refractivity contribution in [1.82, 2.24) is 0 Å². The fraction of sp³-hybridized carbons (Fsp3) is 0.192. The van der Waals surface area contributed by atoms with Crippen molar-refractivity contribution in [2.24, 2.45) is 11.8 Å². The maximum absolute atomic E-state index is 12.7. The van der Waals surface area contributed by atoms with Crippen molar-refractivity contribution in [2.45, 2.75) is 19.8 Å². The van der Waals surface area contributed by atoms with Gasteiger partial charge in [-0.2, -0.15) is 0 Å². The summed E-state index contributed by atoms with van der Waals surface area (Å²) in [6.07, 6.45) is 0.685. The summed E-state index contributed by atoms with van der Waals surface area (Å²) in [4.78, 5) is 37.1. The van der Waals surface area contributed by atoms with Crippen LogP contribution in [0.5, 0.6) is 0 Å². The first kappa shape index (κ1) is 22.8. The van der Waals surface area contributed by atoms with E-state index >= 15 is 0 Å². The van der Waals surface area contributed by atoms with Gasteiger partial charge in [0.1, 0.15) is 18.0 Å². The molecule has 0 aliphatic carbocycles. The smallest absolute Gasteiger partial charge is 0.236 e. The van der Waals surface area contributed by atoms with Crippen molar-refractivity contribution < 1.29 is 14.4 Å². The molecular weight excluding hydrogens is 374 g/mol. The van der Waals surface area contributed by atoms with E-state index < -0.39 is 17.7 Å². The number of ketones is 1. The highest BCUT2D eigenvalue weighted by Crippen LogP contribution is 2.27. The van der Waals surface area contributed by atoms with Crippen LogP contribution in [0.1, 0.15) is 25.3 Å². The number of carbonyl (C=O) groups excluding carboxylic acids is 3. The van der Waals surface area contributed by atoms with Crippen LogP contribution < -0.4 is 5.32 Å². The first-order valence-electron chi connectivity index (χ1n) is 9.94. The minimum Gasteiger partial charge on any atom is -0.325 e. The average Bonchev–Trinajstić information content (AvgIpc) is 2.79. The zero-order chi connectivity index (χ0) is 21.8. The topological polar surface area (TPSA) is 63.2 Å². The SMILES string of the molecule is CC(C)C(=O)C(C(=O)Nc1ccccc1)C(C=O)c1ccccc1.c1ccccc1. The van der Waals surface area contributed by atoms with Crippen molar-refractivity contribution in [3.05, 3.63) is 103 Å². The summed E-state index contributed by atoms with van der Waals surface area (Å²) in [5, 5.41) is 2.74. The molecule has 154 valence electrons. The Labute approximate surface area is 178 Å². The second-order valence-electron chi connectivity index (χ2n) is 7.12. The number of amides is 1. The Bertz CT molecular complexity index is 882. The quantitative estimate of drug-likeness (QED) is 0.441. The molecule has 0 aliphatic rings. The van der Waals surface area contributed by atoms with Gasteiger partial charge in [-0.3, -0.25) is 9.59 Å². The lowest BCUT2D eigenvalue weighted by atomic mass is 9.80.